The van der Waals surface area contributed by atoms with E-state index in [9.17, 15) is 24.9 Å². The van der Waals surface area contributed by atoms with E-state index in [1.165, 1.54) is 0 Å². The van der Waals surface area contributed by atoms with Crippen LogP contribution in [0.1, 0.15) is 12.8 Å². The number of hydrogen-bond donors (Lipinski definition) is 3. The standard InChI is InChI=1S/C11H16O7/c1-3-8(14)18-9-6(12)4-11(16,5-7(9)13)10(15)17-2/h3,6-7,9,12-13,16H,1,4-5H2,2H3/t6-,7-,9?,11?/m1/s1. The minimum Gasteiger partial charge on any atom is -0.467 e. The molecule has 0 heterocycles. The summed E-state index contributed by atoms with van der Waals surface area (Å²) in [5, 5.41) is 29.4. The van der Waals surface area contributed by atoms with Crippen LogP contribution in [-0.4, -0.2) is 58.3 Å². The number of carbonyl (C=O) groups is 2. The second-order valence-corrected chi connectivity index (χ2v) is 4.17. The molecular weight excluding hydrogens is 244 g/mol. The minimum absolute atomic E-state index is 0.383. The van der Waals surface area contributed by atoms with E-state index in [-0.39, 0.29) is 12.8 Å². The van der Waals surface area contributed by atoms with Gasteiger partial charge in [-0.2, -0.15) is 0 Å². The number of methoxy groups -OCH3 is 1. The Morgan fingerprint density at radius 2 is 1.83 bits per heavy atom. The van der Waals surface area contributed by atoms with Gasteiger partial charge in [0.25, 0.3) is 0 Å². The topological polar surface area (TPSA) is 113 Å². The molecule has 7 heteroatoms. The third kappa shape index (κ3) is 2.87. The van der Waals surface area contributed by atoms with Gasteiger partial charge in [-0.25, -0.2) is 9.59 Å². The van der Waals surface area contributed by atoms with Gasteiger partial charge >= 0.3 is 11.9 Å². The third-order valence-electron chi connectivity index (χ3n) is 2.84. The molecule has 0 aromatic heterocycles. The molecule has 0 spiro atoms. The molecule has 0 bridgehead atoms. The van der Waals surface area contributed by atoms with E-state index in [1.807, 2.05) is 0 Å². The summed E-state index contributed by atoms with van der Waals surface area (Å²) < 4.78 is 9.14. The molecule has 0 aliphatic heterocycles. The number of aliphatic hydroxyl groups excluding tert-OH is 2. The maximum atomic E-state index is 11.3. The lowest BCUT2D eigenvalue weighted by Gasteiger charge is -2.39. The van der Waals surface area contributed by atoms with Crippen molar-refractivity contribution in [1.29, 1.82) is 0 Å². The molecule has 0 radical (unpaired) electrons. The quantitative estimate of drug-likeness (QED) is 0.418. The van der Waals surface area contributed by atoms with Crippen LogP contribution in [0.15, 0.2) is 12.7 Å². The lowest BCUT2D eigenvalue weighted by atomic mass is 9.79. The second kappa shape index (κ2) is 5.47. The summed E-state index contributed by atoms with van der Waals surface area (Å²) in [7, 11) is 1.09. The SMILES string of the molecule is C=CC(=O)OC1[C@H](O)CC(O)(C(=O)OC)C[C@H]1O. The predicted molar refractivity (Wildman–Crippen MR) is 58.3 cm³/mol. The van der Waals surface area contributed by atoms with Crippen LogP contribution in [0, 0.1) is 0 Å². The molecule has 102 valence electrons. The highest BCUT2D eigenvalue weighted by atomic mass is 16.6. The van der Waals surface area contributed by atoms with Crippen molar-refractivity contribution in [2.24, 2.45) is 0 Å². The Kier molecular flexibility index (Phi) is 4.44. The molecule has 0 aromatic rings. The van der Waals surface area contributed by atoms with E-state index >= 15 is 0 Å². The molecule has 1 saturated carbocycles. The smallest absolute Gasteiger partial charge is 0.338 e. The number of rotatable bonds is 3. The summed E-state index contributed by atoms with van der Waals surface area (Å²) in [5.41, 5.74) is -1.98. The van der Waals surface area contributed by atoms with Gasteiger partial charge in [-0.1, -0.05) is 6.58 Å². The average Bonchev–Trinajstić information content (AvgIpc) is 2.32. The van der Waals surface area contributed by atoms with Crippen molar-refractivity contribution < 1.29 is 34.4 Å². The second-order valence-electron chi connectivity index (χ2n) is 4.17. The zero-order chi connectivity index (χ0) is 13.9. The monoisotopic (exact) mass is 260 g/mol. The summed E-state index contributed by atoms with van der Waals surface area (Å²) in [6.07, 6.45) is -3.83. The summed E-state index contributed by atoms with van der Waals surface area (Å²) >= 11 is 0. The first-order valence-electron chi connectivity index (χ1n) is 5.34. The van der Waals surface area contributed by atoms with Crippen LogP contribution < -0.4 is 0 Å². The summed E-state index contributed by atoms with van der Waals surface area (Å²) in [5.74, 6) is -1.75. The van der Waals surface area contributed by atoms with Crippen LogP contribution in [-0.2, 0) is 19.1 Å². The summed E-state index contributed by atoms with van der Waals surface area (Å²) in [6, 6.07) is 0. The fraction of sp³-hybridized carbons (Fsp3) is 0.636. The molecule has 7 nitrogen and oxygen atoms in total. The first-order valence-corrected chi connectivity index (χ1v) is 5.34. The van der Waals surface area contributed by atoms with E-state index in [1.54, 1.807) is 0 Å². The molecule has 2 atom stereocenters. The Morgan fingerprint density at radius 1 is 1.33 bits per heavy atom. The van der Waals surface area contributed by atoms with Crippen LogP contribution in [0.4, 0.5) is 0 Å². The van der Waals surface area contributed by atoms with Gasteiger partial charge in [0.1, 0.15) is 0 Å². The van der Waals surface area contributed by atoms with Crippen LogP contribution in [0.2, 0.25) is 0 Å². The molecule has 0 unspecified atom stereocenters. The van der Waals surface area contributed by atoms with Gasteiger partial charge in [-0.15, -0.1) is 0 Å². The molecule has 1 rings (SSSR count). The van der Waals surface area contributed by atoms with Crippen molar-refractivity contribution in [2.45, 2.75) is 36.8 Å². The lowest BCUT2D eigenvalue weighted by Crippen LogP contribution is -2.57. The number of carbonyl (C=O) groups excluding carboxylic acids is 2. The van der Waals surface area contributed by atoms with Crippen molar-refractivity contribution in [3.05, 3.63) is 12.7 Å². The molecule has 0 amide bonds. The highest BCUT2D eigenvalue weighted by Gasteiger charge is 2.50. The molecular formula is C11H16O7. The Morgan fingerprint density at radius 3 is 2.22 bits per heavy atom. The van der Waals surface area contributed by atoms with E-state index in [4.69, 9.17) is 4.74 Å². The Labute approximate surface area is 104 Å². The maximum Gasteiger partial charge on any atom is 0.338 e. The average molecular weight is 260 g/mol. The van der Waals surface area contributed by atoms with Crippen LogP contribution in [0.5, 0.6) is 0 Å². The highest BCUT2D eigenvalue weighted by Crippen LogP contribution is 2.31. The number of hydrogen-bond acceptors (Lipinski definition) is 7. The van der Waals surface area contributed by atoms with Crippen molar-refractivity contribution in [2.75, 3.05) is 7.11 Å². The van der Waals surface area contributed by atoms with Crippen LogP contribution in [0.25, 0.3) is 0 Å². The lowest BCUT2D eigenvalue weighted by molar-refractivity contribution is -0.198. The Hall–Kier alpha value is -1.44. The number of aliphatic hydroxyl groups is 3. The van der Waals surface area contributed by atoms with Crippen molar-refractivity contribution in [3.63, 3.8) is 0 Å². The fourth-order valence-electron chi connectivity index (χ4n) is 1.96. The summed E-state index contributed by atoms with van der Waals surface area (Å²) in [6.45, 7) is 3.18. The zero-order valence-corrected chi connectivity index (χ0v) is 9.91. The third-order valence-corrected chi connectivity index (χ3v) is 2.84. The highest BCUT2D eigenvalue weighted by molar-refractivity contribution is 5.82. The van der Waals surface area contributed by atoms with Gasteiger partial charge in [-0.3, -0.25) is 0 Å². The maximum absolute atomic E-state index is 11.3. The first-order chi connectivity index (χ1) is 8.34. The number of esters is 2. The van der Waals surface area contributed by atoms with Gasteiger partial charge in [-0.05, 0) is 0 Å². The van der Waals surface area contributed by atoms with Crippen molar-refractivity contribution in [1.82, 2.24) is 0 Å². The molecule has 0 saturated heterocycles. The predicted octanol–water partition coefficient (Wildman–Crippen LogP) is -1.50. The molecule has 18 heavy (non-hydrogen) atoms. The van der Waals surface area contributed by atoms with Crippen LogP contribution in [0.3, 0.4) is 0 Å². The molecule has 1 fully saturated rings. The fourth-order valence-corrected chi connectivity index (χ4v) is 1.96. The number of ether oxygens (including phenoxy) is 2. The van der Waals surface area contributed by atoms with Crippen LogP contribution >= 0.6 is 0 Å². The van der Waals surface area contributed by atoms with E-state index < -0.39 is 35.9 Å². The normalized spacial score (nSPS) is 35.7. The first kappa shape index (κ1) is 14.6. The Bertz CT molecular complexity index is 339. The minimum atomic E-state index is -1.98. The molecule has 1 aliphatic carbocycles. The van der Waals surface area contributed by atoms with Gasteiger partial charge in [0, 0.05) is 18.9 Å². The van der Waals surface area contributed by atoms with Gasteiger partial charge in [0.2, 0.25) is 0 Å². The van der Waals surface area contributed by atoms with Gasteiger partial charge < -0.3 is 24.8 Å². The van der Waals surface area contributed by atoms with E-state index in [0.29, 0.717) is 0 Å². The van der Waals surface area contributed by atoms with Crippen molar-refractivity contribution in [3.8, 4) is 0 Å². The Balaban J connectivity index is 2.79. The van der Waals surface area contributed by atoms with Gasteiger partial charge in [0.05, 0.1) is 19.3 Å². The molecule has 0 aromatic carbocycles. The van der Waals surface area contributed by atoms with Crippen molar-refractivity contribution >= 4 is 11.9 Å². The largest absolute Gasteiger partial charge is 0.467 e. The molecule has 3 N–H and O–H groups in total. The summed E-state index contributed by atoms with van der Waals surface area (Å²) in [4.78, 5) is 22.4. The zero-order valence-electron chi connectivity index (χ0n) is 9.91. The van der Waals surface area contributed by atoms with E-state index in [0.717, 1.165) is 13.2 Å². The van der Waals surface area contributed by atoms with Gasteiger partial charge in [0.15, 0.2) is 11.7 Å². The van der Waals surface area contributed by atoms with E-state index in [2.05, 4.69) is 11.3 Å². The molecule has 1 aliphatic rings.